The Kier molecular flexibility index (Phi) is 4.74. The number of aromatic amines is 1. The standard InChI is InChI=1S/C18H24N4O2S/c23-17(19-13-4-3-11-25-12-13)21-9-7-14(8-10-21)22-16-6-2-1-5-15(16)20-18(22)24/h1-2,5-6,13-14H,3-4,7-12H2,(H,19,23)(H,20,24). The molecular formula is C18H24N4O2S. The second-order valence-electron chi connectivity index (χ2n) is 6.90. The summed E-state index contributed by atoms with van der Waals surface area (Å²) < 4.78 is 1.86. The maximum atomic E-state index is 12.5. The number of carbonyl (C=O) groups is 1. The van der Waals surface area contributed by atoms with Crippen LogP contribution in [-0.2, 0) is 0 Å². The minimum atomic E-state index is -0.0525. The Balaban J connectivity index is 1.40. The number of likely N-dealkylation sites (tertiary alicyclic amines) is 1. The van der Waals surface area contributed by atoms with Gasteiger partial charge in [-0.2, -0.15) is 11.8 Å². The minimum absolute atomic E-state index is 0.0525. The number of carbonyl (C=O) groups excluding carboxylic acids is 1. The lowest BCUT2D eigenvalue weighted by Crippen LogP contribution is -2.49. The van der Waals surface area contributed by atoms with Crippen LogP contribution < -0.4 is 11.0 Å². The fraction of sp³-hybridized carbons (Fsp3) is 0.556. The van der Waals surface area contributed by atoms with Crippen LogP contribution in [0.4, 0.5) is 4.79 Å². The van der Waals surface area contributed by atoms with E-state index in [2.05, 4.69) is 10.3 Å². The number of nitrogens with zero attached hydrogens (tertiary/aromatic N) is 2. The molecule has 134 valence electrons. The monoisotopic (exact) mass is 360 g/mol. The molecule has 1 aromatic carbocycles. The van der Waals surface area contributed by atoms with Gasteiger partial charge in [0.25, 0.3) is 0 Å². The quantitative estimate of drug-likeness (QED) is 0.865. The molecule has 0 saturated carbocycles. The first-order valence-corrected chi connectivity index (χ1v) is 10.2. The predicted octanol–water partition coefficient (Wildman–Crippen LogP) is 2.57. The van der Waals surface area contributed by atoms with E-state index in [9.17, 15) is 9.59 Å². The van der Waals surface area contributed by atoms with Crippen LogP contribution >= 0.6 is 11.8 Å². The van der Waals surface area contributed by atoms with Crippen molar-refractivity contribution >= 4 is 28.8 Å². The number of nitrogens with one attached hydrogen (secondary N) is 2. The Morgan fingerprint density at radius 2 is 2.00 bits per heavy atom. The lowest BCUT2D eigenvalue weighted by molar-refractivity contribution is 0.168. The van der Waals surface area contributed by atoms with E-state index in [1.54, 1.807) is 0 Å². The summed E-state index contributed by atoms with van der Waals surface area (Å²) in [5.74, 6) is 2.23. The van der Waals surface area contributed by atoms with Crippen LogP contribution in [0.1, 0.15) is 31.7 Å². The third-order valence-electron chi connectivity index (χ3n) is 5.23. The van der Waals surface area contributed by atoms with Crippen LogP contribution in [0.25, 0.3) is 11.0 Å². The highest BCUT2D eigenvalue weighted by atomic mass is 32.2. The van der Waals surface area contributed by atoms with Crippen molar-refractivity contribution in [1.82, 2.24) is 19.8 Å². The molecule has 2 aromatic rings. The highest BCUT2D eigenvalue weighted by Crippen LogP contribution is 2.25. The molecule has 7 heteroatoms. The second kappa shape index (κ2) is 7.15. The Bertz CT molecular complexity index is 801. The van der Waals surface area contributed by atoms with Gasteiger partial charge in [0.1, 0.15) is 0 Å². The number of para-hydroxylation sites is 2. The molecule has 0 spiro atoms. The Morgan fingerprint density at radius 1 is 1.20 bits per heavy atom. The van der Waals surface area contributed by atoms with Gasteiger partial charge < -0.3 is 15.2 Å². The van der Waals surface area contributed by atoms with Crippen molar-refractivity contribution < 1.29 is 4.79 Å². The van der Waals surface area contributed by atoms with Crippen molar-refractivity contribution in [2.45, 2.75) is 37.8 Å². The number of piperidine rings is 1. The third-order valence-corrected chi connectivity index (χ3v) is 6.44. The van der Waals surface area contributed by atoms with E-state index in [-0.39, 0.29) is 17.8 Å². The predicted molar refractivity (Wildman–Crippen MR) is 101 cm³/mol. The molecular weight excluding hydrogens is 336 g/mol. The van der Waals surface area contributed by atoms with Gasteiger partial charge in [-0.05, 0) is 43.6 Å². The summed E-state index contributed by atoms with van der Waals surface area (Å²) in [6.07, 6.45) is 3.89. The van der Waals surface area contributed by atoms with Crippen LogP contribution in [-0.4, -0.2) is 51.1 Å². The van der Waals surface area contributed by atoms with Gasteiger partial charge in [-0.3, -0.25) is 4.57 Å². The Labute approximate surface area is 151 Å². The van der Waals surface area contributed by atoms with Gasteiger partial charge in [0, 0.05) is 30.9 Å². The van der Waals surface area contributed by atoms with E-state index in [0.717, 1.165) is 36.0 Å². The number of thioether (sulfide) groups is 1. The molecule has 25 heavy (non-hydrogen) atoms. The summed E-state index contributed by atoms with van der Waals surface area (Å²) in [5.41, 5.74) is 1.78. The largest absolute Gasteiger partial charge is 0.334 e. The van der Waals surface area contributed by atoms with Crippen molar-refractivity contribution in [2.24, 2.45) is 0 Å². The van der Waals surface area contributed by atoms with Gasteiger partial charge in [-0.25, -0.2) is 9.59 Å². The van der Waals surface area contributed by atoms with Crippen LogP contribution in [0.5, 0.6) is 0 Å². The van der Waals surface area contributed by atoms with E-state index in [0.29, 0.717) is 19.1 Å². The van der Waals surface area contributed by atoms with Crippen molar-refractivity contribution in [3.8, 4) is 0 Å². The van der Waals surface area contributed by atoms with Crippen LogP contribution in [0, 0.1) is 0 Å². The number of hydrogen-bond acceptors (Lipinski definition) is 3. The number of urea groups is 1. The lowest BCUT2D eigenvalue weighted by atomic mass is 10.0. The number of H-pyrrole nitrogens is 1. The average Bonchev–Trinajstić information content (AvgIpc) is 2.98. The minimum Gasteiger partial charge on any atom is -0.334 e. The molecule has 1 unspecified atom stereocenters. The molecule has 2 amide bonds. The summed E-state index contributed by atoms with van der Waals surface area (Å²) >= 11 is 1.92. The first-order chi connectivity index (χ1) is 12.2. The van der Waals surface area contributed by atoms with Gasteiger partial charge in [0.2, 0.25) is 0 Å². The number of rotatable bonds is 2. The molecule has 4 rings (SSSR count). The molecule has 6 nitrogen and oxygen atoms in total. The smallest absolute Gasteiger partial charge is 0.326 e. The van der Waals surface area contributed by atoms with Gasteiger partial charge >= 0.3 is 11.7 Å². The number of imidazole rings is 1. The molecule has 0 bridgehead atoms. The Hall–Kier alpha value is -1.89. The maximum absolute atomic E-state index is 12.5. The number of hydrogen-bond donors (Lipinski definition) is 2. The fourth-order valence-corrected chi connectivity index (χ4v) is 4.96. The van der Waals surface area contributed by atoms with Crippen LogP contribution in [0.15, 0.2) is 29.1 Å². The van der Waals surface area contributed by atoms with Crippen molar-refractivity contribution in [3.05, 3.63) is 34.7 Å². The topological polar surface area (TPSA) is 70.1 Å². The molecule has 2 fully saturated rings. The average molecular weight is 360 g/mol. The van der Waals surface area contributed by atoms with Gasteiger partial charge in [0.15, 0.2) is 0 Å². The summed E-state index contributed by atoms with van der Waals surface area (Å²) in [4.78, 5) is 29.6. The summed E-state index contributed by atoms with van der Waals surface area (Å²) in [6, 6.07) is 8.30. The maximum Gasteiger partial charge on any atom is 0.326 e. The van der Waals surface area contributed by atoms with E-state index in [1.807, 2.05) is 45.5 Å². The van der Waals surface area contributed by atoms with Crippen molar-refractivity contribution in [2.75, 3.05) is 24.6 Å². The van der Waals surface area contributed by atoms with E-state index in [4.69, 9.17) is 0 Å². The number of benzene rings is 1. The normalized spacial score (nSPS) is 22.2. The second-order valence-corrected chi connectivity index (χ2v) is 8.05. The summed E-state index contributed by atoms with van der Waals surface area (Å²) in [6.45, 7) is 1.39. The van der Waals surface area contributed by atoms with Crippen molar-refractivity contribution in [3.63, 3.8) is 0 Å². The first kappa shape index (κ1) is 16.6. The van der Waals surface area contributed by atoms with E-state index < -0.39 is 0 Å². The molecule has 3 heterocycles. The molecule has 2 aliphatic rings. The Morgan fingerprint density at radius 3 is 2.76 bits per heavy atom. The zero-order valence-corrected chi connectivity index (χ0v) is 15.1. The van der Waals surface area contributed by atoms with E-state index >= 15 is 0 Å². The van der Waals surface area contributed by atoms with Crippen LogP contribution in [0.3, 0.4) is 0 Å². The van der Waals surface area contributed by atoms with Gasteiger partial charge in [-0.1, -0.05) is 12.1 Å². The SMILES string of the molecule is O=C(NC1CCCSC1)N1CCC(n2c(=O)[nH]c3ccccc32)CC1. The lowest BCUT2D eigenvalue weighted by Gasteiger charge is -2.34. The molecule has 1 aromatic heterocycles. The number of amides is 2. The van der Waals surface area contributed by atoms with Gasteiger partial charge in [-0.15, -0.1) is 0 Å². The van der Waals surface area contributed by atoms with Gasteiger partial charge in [0.05, 0.1) is 11.0 Å². The first-order valence-electron chi connectivity index (χ1n) is 9.05. The molecule has 2 saturated heterocycles. The molecule has 2 aliphatic heterocycles. The molecule has 1 atom stereocenters. The molecule has 2 N–H and O–H groups in total. The van der Waals surface area contributed by atoms with Crippen molar-refractivity contribution in [1.29, 1.82) is 0 Å². The third kappa shape index (κ3) is 3.42. The van der Waals surface area contributed by atoms with Crippen LogP contribution in [0.2, 0.25) is 0 Å². The molecule has 0 radical (unpaired) electrons. The fourth-order valence-electron chi connectivity index (χ4n) is 3.88. The zero-order chi connectivity index (χ0) is 17.2. The highest BCUT2D eigenvalue weighted by Gasteiger charge is 2.27. The van der Waals surface area contributed by atoms with E-state index in [1.165, 1.54) is 12.2 Å². The molecule has 0 aliphatic carbocycles. The highest BCUT2D eigenvalue weighted by molar-refractivity contribution is 7.99. The zero-order valence-electron chi connectivity index (χ0n) is 14.2. The summed E-state index contributed by atoms with van der Waals surface area (Å²) in [7, 11) is 0. The number of fused-ring (bicyclic) bond motifs is 1. The summed E-state index contributed by atoms with van der Waals surface area (Å²) in [5, 5.41) is 3.17. The number of aromatic nitrogens is 2.